The van der Waals surface area contributed by atoms with Gasteiger partial charge in [0, 0.05) is 64.7 Å². The molecule has 1 saturated carbocycles. The predicted octanol–water partition coefficient (Wildman–Crippen LogP) is 0.941. The summed E-state index contributed by atoms with van der Waals surface area (Å²) >= 11 is 0. The fourth-order valence-corrected chi connectivity index (χ4v) is 6.79. The summed E-state index contributed by atoms with van der Waals surface area (Å²) < 4.78 is 46.5. The van der Waals surface area contributed by atoms with Gasteiger partial charge in [0.15, 0.2) is 11.6 Å². The Kier molecular flexibility index (Phi) is 16.4. The van der Waals surface area contributed by atoms with E-state index < -0.39 is 29.5 Å². The molecule has 17 heteroatoms. The van der Waals surface area contributed by atoms with Gasteiger partial charge in [-0.1, -0.05) is 19.3 Å². The van der Waals surface area contributed by atoms with E-state index >= 15 is 0 Å². The molecule has 1 atom stereocenters. The van der Waals surface area contributed by atoms with Crippen LogP contribution in [0.1, 0.15) is 59.9 Å². The molecule has 0 spiro atoms. The zero-order valence-corrected chi connectivity index (χ0v) is 30.9. The molecule has 1 aliphatic heterocycles. The summed E-state index contributed by atoms with van der Waals surface area (Å²) in [4.78, 5) is 67.9. The molecule has 53 heavy (non-hydrogen) atoms. The number of amides is 5. The van der Waals surface area contributed by atoms with Gasteiger partial charge in [0.05, 0.1) is 57.3 Å². The van der Waals surface area contributed by atoms with Crippen molar-refractivity contribution in [3.63, 3.8) is 0 Å². The smallest absolute Gasteiger partial charge is 0.271 e. The SMILES string of the molecule is CNCC(=O)NC(C(=O)N1CCN(C(=O)c2c(C(=O)NCCOCCOCCOCCNC(C)=O)c3cc(F)c(F)cc3n2C)CC1)C1CCCCC1. The maximum absolute atomic E-state index is 14.5. The van der Waals surface area contributed by atoms with E-state index in [9.17, 15) is 32.8 Å². The van der Waals surface area contributed by atoms with Crippen molar-refractivity contribution in [1.29, 1.82) is 0 Å². The number of halogens is 2. The molecule has 0 radical (unpaired) electrons. The van der Waals surface area contributed by atoms with Crippen LogP contribution in [-0.4, -0.2) is 142 Å². The third-order valence-electron chi connectivity index (χ3n) is 9.49. The van der Waals surface area contributed by atoms with Crippen molar-refractivity contribution in [1.82, 2.24) is 35.6 Å². The fraction of sp³-hybridized carbons (Fsp3) is 0.639. The Labute approximate surface area is 308 Å². The summed E-state index contributed by atoms with van der Waals surface area (Å²) in [6.45, 7) is 4.55. The van der Waals surface area contributed by atoms with Crippen molar-refractivity contribution in [2.24, 2.45) is 13.0 Å². The first-order valence-electron chi connectivity index (χ1n) is 18.3. The molecule has 294 valence electrons. The molecule has 5 amide bonds. The highest BCUT2D eigenvalue weighted by molar-refractivity contribution is 6.16. The highest BCUT2D eigenvalue weighted by Gasteiger charge is 2.37. The van der Waals surface area contributed by atoms with Crippen LogP contribution in [0.4, 0.5) is 8.78 Å². The highest BCUT2D eigenvalue weighted by Crippen LogP contribution is 2.30. The molecular formula is C36H53F2N7O8. The highest BCUT2D eigenvalue weighted by atomic mass is 19.2. The minimum Gasteiger partial charge on any atom is -0.377 e. The van der Waals surface area contributed by atoms with Crippen molar-refractivity contribution < 1.29 is 47.0 Å². The van der Waals surface area contributed by atoms with Gasteiger partial charge in [-0.3, -0.25) is 24.0 Å². The van der Waals surface area contributed by atoms with Gasteiger partial charge in [0.1, 0.15) is 11.7 Å². The van der Waals surface area contributed by atoms with E-state index in [1.165, 1.54) is 23.4 Å². The molecule has 1 aromatic heterocycles. The lowest BCUT2D eigenvalue weighted by Crippen LogP contribution is -2.58. The second-order valence-electron chi connectivity index (χ2n) is 13.2. The lowest BCUT2D eigenvalue weighted by molar-refractivity contribution is -0.139. The van der Waals surface area contributed by atoms with Crippen molar-refractivity contribution in [3.8, 4) is 0 Å². The summed E-state index contributed by atoms with van der Waals surface area (Å²) in [6.07, 6.45) is 4.79. The number of likely N-dealkylation sites (N-methyl/N-ethyl adjacent to an activating group) is 1. The molecular weight excluding hydrogens is 696 g/mol. The summed E-state index contributed by atoms with van der Waals surface area (Å²) in [5.74, 6) is -3.95. The van der Waals surface area contributed by atoms with E-state index in [-0.39, 0.29) is 98.3 Å². The van der Waals surface area contributed by atoms with Gasteiger partial charge in [-0.05, 0) is 31.9 Å². The molecule has 1 unspecified atom stereocenters. The second-order valence-corrected chi connectivity index (χ2v) is 13.2. The average Bonchev–Trinajstić information content (AvgIpc) is 3.42. The first-order chi connectivity index (χ1) is 25.5. The maximum Gasteiger partial charge on any atom is 0.271 e. The molecule has 1 aliphatic carbocycles. The summed E-state index contributed by atoms with van der Waals surface area (Å²) in [7, 11) is 3.18. The number of aryl methyl sites for hydroxylation is 1. The van der Waals surface area contributed by atoms with E-state index in [4.69, 9.17) is 14.2 Å². The zero-order chi connectivity index (χ0) is 38.3. The van der Waals surface area contributed by atoms with Crippen LogP contribution in [0, 0.1) is 17.6 Å². The Morgan fingerprint density at radius 2 is 1.38 bits per heavy atom. The van der Waals surface area contributed by atoms with Crippen LogP contribution in [0.5, 0.6) is 0 Å². The normalized spacial score (nSPS) is 15.7. The van der Waals surface area contributed by atoms with Crippen molar-refractivity contribution in [2.45, 2.75) is 45.1 Å². The molecule has 4 N–H and O–H groups in total. The van der Waals surface area contributed by atoms with Gasteiger partial charge >= 0.3 is 0 Å². The van der Waals surface area contributed by atoms with Crippen molar-refractivity contribution >= 4 is 40.4 Å². The number of piperazine rings is 1. The first kappa shape index (κ1) is 41.6. The maximum atomic E-state index is 14.5. The number of carbonyl (C=O) groups is 5. The number of nitrogens with one attached hydrogen (secondary N) is 4. The van der Waals surface area contributed by atoms with Gasteiger partial charge in [-0.15, -0.1) is 0 Å². The first-order valence-corrected chi connectivity index (χ1v) is 18.3. The summed E-state index contributed by atoms with van der Waals surface area (Å²) in [5.41, 5.74) is 0.0537. The third-order valence-corrected chi connectivity index (χ3v) is 9.49. The van der Waals surface area contributed by atoms with Gasteiger partial charge in [-0.25, -0.2) is 8.78 Å². The standard InChI is InChI=1S/C36H53F2N7O8/c1-24(46)40-9-15-51-17-19-53-20-18-52-16-10-41-34(48)31-26-21-27(37)28(38)22-29(26)43(3)33(31)36(50)45-13-11-44(12-14-45)35(49)32(42-30(47)23-39-2)25-7-5-4-6-8-25/h21-22,25,32,39H,4-20,23H2,1-3H3,(H,40,46)(H,41,48)(H,42,47). The van der Waals surface area contributed by atoms with Gasteiger partial charge < -0.3 is 49.8 Å². The monoisotopic (exact) mass is 749 g/mol. The molecule has 2 heterocycles. The third kappa shape index (κ3) is 11.6. The molecule has 2 fully saturated rings. The number of hydrogen-bond acceptors (Lipinski definition) is 9. The minimum absolute atomic E-state index is 0.0321. The average molecular weight is 750 g/mol. The number of benzene rings is 1. The molecule has 1 aromatic carbocycles. The van der Waals surface area contributed by atoms with E-state index in [0.717, 1.165) is 44.2 Å². The van der Waals surface area contributed by atoms with Gasteiger partial charge in [0.25, 0.3) is 11.8 Å². The van der Waals surface area contributed by atoms with Crippen LogP contribution in [-0.2, 0) is 35.6 Å². The molecule has 2 aromatic rings. The Balaban J connectivity index is 1.35. The fourth-order valence-electron chi connectivity index (χ4n) is 6.79. The van der Waals surface area contributed by atoms with Crippen molar-refractivity contribution in [3.05, 3.63) is 35.0 Å². The number of ether oxygens (including phenoxy) is 3. The molecule has 1 saturated heterocycles. The largest absolute Gasteiger partial charge is 0.377 e. The van der Waals surface area contributed by atoms with Crippen LogP contribution in [0.25, 0.3) is 10.9 Å². The number of nitrogens with zero attached hydrogens (tertiary/aromatic N) is 3. The number of rotatable bonds is 19. The predicted molar refractivity (Wildman–Crippen MR) is 191 cm³/mol. The molecule has 0 bridgehead atoms. The van der Waals surface area contributed by atoms with Crippen LogP contribution in [0.15, 0.2) is 12.1 Å². The molecule has 2 aliphatic rings. The number of hydrogen-bond donors (Lipinski definition) is 4. The van der Waals surface area contributed by atoms with E-state index in [1.54, 1.807) is 11.9 Å². The van der Waals surface area contributed by atoms with Gasteiger partial charge in [0.2, 0.25) is 17.7 Å². The number of fused-ring (bicyclic) bond motifs is 1. The van der Waals surface area contributed by atoms with Crippen LogP contribution in [0.2, 0.25) is 0 Å². The van der Waals surface area contributed by atoms with Crippen molar-refractivity contribution in [2.75, 3.05) is 92.5 Å². The quantitative estimate of drug-likeness (QED) is 0.153. The second kappa shape index (κ2) is 20.9. The number of carbonyl (C=O) groups excluding carboxylic acids is 5. The topological polar surface area (TPSA) is 173 Å². The van der Waals surface area contributed by atoms with Gasteiger partial charge in [-0.2, -0.15) is 0 Å². The molecule has 4 rings (SSSR count). The Morgan fingerprint density at radius 3 is 1.98 bits per heavy atom. The lowest BCUT2D eigenvalue weighted by Gasteiger charge is -2.39. The Morgan fingerprint density at radius 1 is 0.811 bits per heavy atom. The van der Waals surface area contributed by atoms with E-state index in [0.29, 0.717) is 33.0 Å². The Bertz CT molecular complexity index is 1570. The van der Waals surface area contributed by atoms with Crippen LogP contribution >= 0.6 is 0 Å². The Hall–Kier alpha value is -4.19. The zero-order valence-electron chi connectivity index (χ0n) is 30.9. The lowest BCUT2D eigenvalue weighted by atomic mass is 9.83. The van der Waals surface area contributed by atoms with Crippen LogP contribution < -0.4 is 21.3 Å². The van der Waals surface area contributed by atoms with Crippen LogP contribution in [0.3, 0.4) is 0 Å². The summed E-state index contributed by atoms with van der Waals surface area (Å²) in [5, 5.41) is 11.2. The molecule has 15 nitrogen and oxygen atoms in total. The minimum atomic E-state index is -1.15. The number of aromatic nitrogens is 1. The summed E-state index contributed by atoms with van der Waals surface area (Å²) in [6, 6.07) is 1.22. The van der Waals surface area contributed by atoms with E-state index in [2.05, 4.69) is 21.3 Å². The van der Waals surface area contributed by atoms with E-state index in [1.807, 2.05) is 0 Å².